The summed E-state index contributed by atoms with van der Waals surface area (Å²) in [6.07, 6.45) is 5.72. The van der Waals surface area contributed by atoms with Gasteiger partial charge >= 0.3 is 0 Å². The van der Waals surface area contributed by atoms with Crippen molar-refractivity contribution in [2.24, 2.45) is 11.1 Å². The van der Waals surface area contributed by atoms with E-state index in [1.807, 2.05) is 0 Å². The van der Waals surface area contributed by atoms with E-state index < -0.39 is 0 Å². The molecule has 4 rings (SSSR count). The first-order valence-corrected chi connectivity index (χ1v) is 8.05. The summed E-state index contributed by atoms with van der Waals surface area (Å²) in [4.78, 5) is 0. The van der Waals surface area contributed by atoms with Gasteiger partial charge in [-0.3, -0.25) is 0 Å². The fraction of sp³-hybridized carbons (Fsp3) is 0.474. The highest BCUT2D eigenvalue weighted by molar-refractivity contribution is 5.40. The van der Waals surface area contributed by atoms with Crippen molar-refractivity contribution >= 4 is 0 Å². The minimum Gasteiger partial charge on any atom is -0.350 e. The molecule has 0 saturated carbocycles. The number of hydrogen-bond donors (Lipinski definition) is 1. The summed E-state index contributed by atoms with van der Waals surface area (Å²) in [7, 11) is 0. The van der Waals surface area contributed by atoms with Crippen molar-refractivity contribution in [3.05, 3.63) is 58.9 Å². The van der Waals surface area contributed by atoms with E-state index in [2.05, 4.69) is 54.9 Å². The van der Waals surface area contributed by atoms with Gasteiger partial charge in [-0.05, 0) is 47.4 Å². The Morgan fingerprint density at radius 1 is 1.19 bits per heavy atom. The van der Waals surface area contributed by atoms with Crippen LogP contribution in [-0.4, -0.2) is 4.57 Å². The molecule has 2 N–H and O–H groups in total. The highest BCUT2D eigenvalue weighted by Gasteiger charge is 2.33. The average Bonchev–Trinajstić information content (AvgIpc) is 2.78. The van der Waals surface area contributed by atoms with Gasteiger partial charge in [-0.1, -0.05) is 38.1 Å². The molecule has 2 heteroatoms. The fourth-order valence-corrected chi connectivity index (χ4v) is 4.23. The predicted molar refractivity (Wildman–Crippen MR) is 86.3 cm³/mol. The first-order valence-electron chi connectivity index (χ1n) is 8.05. The number of benzene rings is 1. The van der Waals surface area contributed by atoms with Crippen LogP contribution in [0.5, 0.6) is 0 Å². The molecule has 0 spiro atoms. The monoisotopic (exact) mass is 280 g/mol. The number of aromatic nitrogens is 1. The Morgan fingerprint density at radius 2 is 2.00 bits per heavy atom. The molecule has 1 aromatic carbocycles. The van der Waals surface area contributed by atoms with Crippen molar-refractivity contribution in [1.82, 2.24) is 4.57 Å². The number of nitrogens with zero attached hydrogens (tertiary/aromatic N) is 1. The summed E-state index contributed by atoms with van der Waals surface area (Å²) in [5, 5.41) is 0. The Hall–Kier alpha value is -1.54. The zero-order valence-electron chi connectivity index (χ0n) is 13.0. The first-order chi connectivity index (χ1) is 10.0. The molecule has 0 saturated heterocycles. The summed E-state index contributed by atoms with van der Waals surface area (Å²) in [6, 6.07) is 11.3. The van der Waals surface area contributed by atoms with Crippen LogP contribution in [0.4, 0.5) is 0 Å². The third-order valence-electron chi connectivity index (χ3n) is 5.31. The van der Waals surface area contributed by atoms with E-state index in [1.54, 1.807) is 5.56 Å². The predicted octanol–water partition coefficient (Wildman–Crippen LogP) is 3.80. The Bertz CT molecular complexity index is 681. The lowest BCUT2D eigenvalue weighted by atomic mass is 9.74. The molecule has 2 atom stereocenters. The van der Waals surface area contributed by atoms with E-state index in [0.29, 0.717) is 11.3 Å². The van der Waals surface area contributed by atoms with E-state index in [4.69, 9.17) is 5.73 Å². The van der Waals surface area contributed by atoms with Gasteiger partial charge in [-0.25, -0.2) is 0 Å². The van der Waals surface area contributed by atoms with E-state index >= 15 is 0 Å². The number of nitrogens with two attached hydrogens (primary N) is 1. The highest BCUT2D eigenvalue weighted by Crippen LogP contribution is 2.42. The quantitative estimate of drug-likeness (QED) is 0.891. The van der Waals surface area contributed by atoms with Crippen LogP contribution in [0.15, 0.2) is 36.5 Å². The summed E-state index contributed by atoms with van der Waals surface area (Å²) >= 11 is 0. The molecule has 0 aliphatic heterocycles. The van der Waals surface area contributed by atoms with E-state index in [9.17, 15) is 0 Å². The van der Waals surface area contributed by atoms with Crippen molar-refractivity contribution in [3.63, 3.8) is 0 Å². The van der Waals surface area contributed by atoms with Crippen LogP contribution in [0, 0.1) is 5.41 Å². The van der Waals surface area contributed by atoms with Gasteiger partial charge in [0.05, 0.1) is 0 Å². The van der Waals surface area contributed by atoms with Gasteiger partial charge in [0.2, 0.25) is 0 Å². The maximum atomic E-state index is 6.38. The zero-order chi connectivity index (χ0) is 14.6. The van der Waals surface area contributed by atoms with Crippen molar-refractivity contribution < 1.29 is 0 Å². The fourth-order valence-electron chi connectivity index (χ4n) is 4.23. The van der Waals surface area contributed by atoms with Crippen LogP contribution in [0.1, 0.15) is 54.6 Å². The lowest BCUT2D eigenvalue weighted by molar-refractivity contribution is 0.273. The molecule has 2 nitrogen and oxygen atoms in total. The number of fused-ring (bicyclic) bond motifs is 2. The highest BCUT2D eigenvalue weighted by atomic mass is 15.0. The molecule has 0 bridgehead atoms. The third kappa shape index (κ3) is 2.13. The Balaban J connectivity index is 1.61. The van der Waals surface area contributed by atoms with Gasteiger partial charge < -0.3 is 10.3 Å². The molecule has 0 radical (unpaired) electrons. The van der Waals surface area contributed by atoms with Gasteiger partial charge in [0, 0.05) is 30.4 Å². The number of hydrogen-bond acceptors (Lipinski definition) is 1. The van der Waals surface area contributed by atoms with Crippen molar-refractivity contribution in [1.29, 1.82) is 0 Å². The molecule has 110 valence electrons. The minimum atomic E-state index is 0.207. The minimum absolute atomic E-state index is 0.207. The molecule has 2 aliphatic carbocycles. The second-order valence-corrected chi connectivity index (χ2v) is 7.62. The van der Waals surface area contributed by atoms with Crippen LogP contribution >= 0.6 is 0 Å². The topological polar surface area (TPSA) is 30.9 Å². The van der Waals surface area contributed by atoms with E-state index in [0.717, 1.165) is 19.4 Å². The molecule has 21 heavy (non-hydrogen) atoms. The maximum absolute atomic E-state index is 6.38. The van der Waals surface area contributed by atoms with Crippen molar-refractivity contribution in [2.45, 2.75) is 51.6 Å². The Labute approximate surface area is 127 Å². The standard InChI is InChI=1S/C19H24N2/c1-19(2)10-17(20)16-7-8-21(18(16)11-19)12-14-9-13-5-3-4-6-15(13)14/h3-8,14,17H,9-12,20H2,1-2H3. The smallest absolute Gasteiger partial charge is 0.0318 e. The molecule has 0 amide bonds. The molecule has 2 aromatic rings. The van der Waals surface area contributed by atoms with Gasteiger partial charge in [-0.15, -0.1) is 0 Å². The first kappa shape index (κ1) is 13.1. The molecule has 0 fully saturated rings. The SMILES string of the molecule is CC1(C)Cc2c(ccn2CC2Cc3ccccc32)C(N)C1. The third-order valence-corrected chi connectivity index (χ3v) is 5.31. The second kappa shape index (κ2) is 4.48. The van der Waals surface area contributed by atoms with Gasteiger partial charge in [0.1, 0.15) is 0 Å². The van der Waals surface area contributed by atoms with Gasteiger partial charge in [-0.2, -0.15) is 0 Å². The summed E-state index contributed by atoms with van der Waals surface area (Å²) in [5.41, 5.74) is 12.6. The Morgan fingerprint density at radius 3 is 2.81 bits per heavy atom. The van der Waals surface area contributed by atoms with Crippen LogP contribution in [0.25, 0.3) is 0 Å². The molecular formula is C19H24N2. The van der Waals surface area contributed by atoms with Crippen molar-refractivity contribution in [3.8, 4) is 0 Å². The van der Waals surface area contributed by atoms with Crippen LogP contribution in [-0.2, 0) is 19.4 Å². The summed E-state index contributed by atoms with van der Waals surface area (Å²) in [5.74, 6) is 0.680. The van der Waals surface area contributed by atoms with Crippen LogP contribution < -0.4 is 5.73 Å². The maximum Gasteiger partial charge on any atom is 0.0318 e. The van der Waals surface area contributed by atoms with Crippen LogP contribution in [0.3, 0.4) is 0 Å². The summed E-state index contributed by atoms with van der Waals surface area (Å²) < 4.78 is 2.47. The number of rotatable bonds is 2. The lowest BCUT2D eigenvalue weighted by Gasteiger charge is -2.36. The molecular weight excluding hydrogens is 256 g/mol. The average molecular weight is 280 g/mol. The molecule has 2 aliphatic rings. The summed E-state index contributed by atoms with van der Waals surface area (Å²) in [6.45, 7) is 5.78. The second-order valence-electron chi connectivity index (χ2n) is 7.62. The van der Waals surface area contributed by atoms with E-state index in [1.165, 1.54) is 23.2 Å². The Kier molecular flexibility index (Phi) is 2.80. The largest absolute Gasteiger partial charge is 0.350 e. The van der Waals surface area contributed by atoms with Crippen LogP contribution in [0.2, 0.25) is 0 Å². The molecule has 2 unspecified atom stereocenters. The molecule has 1 heterocycles. The van der Waals surface area contributed by atoms with Gasteiger partial charge in [0.15, 0.2) is 0 Å². The van der Waals surface area contributed by atoms with E-state index in [-0.39, 0.29) is 6.04 Å². The zero-order valence-corrected chi connectivity index (χ0v) is 13.0. The lowest BCUT2D eigenvalue weighted by Crippen LogP contribution is -2.31. The van der Waals surface area contributed by atoms with Gasteiger partial charge in [0.25, 0.3) is 0 Å². The normalized spacial score (nSPS) is 25.9. The molecule has 1 aromatic heterocycles. The van der Waals surface area contributed by atoms with Crippen molar-refractivity contribution in [2.75, 3.05) is 0 Å².